The summed E-state index contributed by atoms with van der Waals surface area (Å²) >= 11 is 0. The molecule has 0 unspecified atom stereocenters. The van der Waals surface area contributed by atoms with E-state index in [1.807, 2.05) is 30.3 Å². The Morgan fingerprint density at radius 2 is 1.44 bits per heavy atom. The van der Waals surface area contributed by atoms with E-state index in [2.05, 4.69) is 4.98 Å². The largest absolute Gasteiger partial charge is 0.493 e. The van der Waals surface area contributed by atoms with Gasteiger partial charge in [-0.1, -0.05) is 42.5 Å². The summed E-state index contributed by atoms with van der Waals surface area (Å²) < 4.78 is 22.2. The molecule has 2 aromatic heterocycles. The minimum Gasteiger partial charge on any atom is -0.493 e. The van der Waals surface area contributed by atoms with Crippen molar-refractivity contribution in [2.75, 3.05) is 28.4 Å². The molecule has 5 rings (SSSR count). The molecule has 0 atom stereocenters. The fraction of sp³-hybridized carbons (Fsp3) is 0.133. The number of benzene rings is 3. The number of aromatic nitrogens is 2. The second kappa shape index (κ2) is 10.3. The smallest absolute Gasteiger partial charge is 0.341 e. The summed E-state index contributed by atoms with van der Waals surface area (Å²) in [7, 11) is 5.45. The molecular weight excluding hydrogens is 500 g/mol. The molecule has 9 heteroatoms. The van der Waals surface area contributed by atoms with Gasteiger partial charge >= 0.3 is 11.9 Å². The highest BCUT2D eigenvalue weighted by Gasteiger charge is 2.34. The molecule has 5 aromatic rings. The van der Waals surface area contributed by atoms with Crippen LogP contribution in [0.2, 0.25) is 0 Å². The first-order valence-corrected chi connectivity index (χ1v) is 11.9. The van der Waals surface area contributed by atoms with E-state index in [0.29, 0.717) is 33.7 Å². The lowest BCUT2D eigenvalue weighted by atomic mass is 9.97. The molecule has 0 aliphatic heterocycles. The third-order valence-corrected chi connectivity index (χ3v) is 6.54. The molecule has 39 heavy (non-hydrogen) atoms. The van der Waals surface area contributed by atoms with Crippen LogP contribution in [0.15, 0.2) is 73.1 Å². The number of fused-ring (bicyclic) bond motifs is 2. The molecule has 0 aliphatic carbocycles. The normalized spacial score (nSPS) is 10.9. The van der Waals surface area contributed by atoms with Crippen LogP contribution in [-0.4, -0.2) is 55.5 Å². The standard InChI is InChI=1S/C30H24N2O7/c1-36-23-13-12-18(14-24(23)37-2)21-15-22-25(29(34)38-3)26(30(35)39-4)27(32(22)16-31-21)28(33)20-11-7-9-17-8-5-6-10-19(17)20/h5-16H,1-4H3. The van der Waals surface area contributed by atoms with Gasteiger partial charge in [0.1, 0.15) is 23.1 Å². The van der Waals surface area contributed by atoms with Crippen LogP contribution in [0.4, 0.5) is 0 Å². The van der Waals surface area contributed by atoms with E-state index < -0.39 is 17.7 Å². The summed E-state index contributed by atoms with van der Waals surface area (Å²) in [5.41, 5.74) is 1.38. The maximum Gasteiger partial charge on any atom is 0.341 e. The molecule has 0 spiro atoms. The van der Waals surface area contributed by atoms with Crippen molar-refractivity contribution < 1.29 is 33.3 Å². The Bertz CT molecular complexity index is 1770. The van der Waals surface area contributed by atoms with Gasteiger partial charge in [0.25, 0.3) is 0 Å². The maximum absolute atomic E-state index is 14.1. The minimum absolute atomic E-state index is 0.0556. The van der Waals surface area contributed by atoms with Gasteiger partial charge in [0.05, 0.1) is 39.6 Å². The number of hydrogen-bond acceptors (Lipinski definition) is 8. The number of methoxy groups -OCH3 is 4. The van der Waals surface area contributed by atoms with Crippen molar-refractivity contribution in [3.63, 3.8) is 0 Å². The second-order valence-corrected chi connectivity index (χ2v) is 8.54. The fourth-order valence-electron chi connectivity index (χ4n) is 4.69. The quantitative estimate of drug-likeness (QED) is 0.217. The van der Waals surface area contributed by atoms with Gasteiger partial charge in [0.15, 0.2) is 11.5 Å². The lowest BCUT2D eigenvalue weighted by Crippen LogP contribution is -2.15. The van der Waals surface area contributed by atoms with Gasteiger partial charge in [-0.25, -0.2) is 14.6 Å². The average Bonchev–Trinajstić information content (AvgIpc) is 3.33. The molecule has 0 fully saturated rings. The van der Waals surface area contributed by atoms with Crippen molar-refractivity contribution in [1.82, 2.24) is 9.38 Å². The molecule has 3 aromatic carbocycles. The van der Waals surface area contributed by atoms with Crippen LogP contribution in [-0.2, 0) is 9.47 Å². The number of esters is 2. The Kier molecular flexibility index (Phi) is 6.72. The molecule has 2 heterocycles. The number of nitrogens with zero attached hydrogens (tertiary/aromatic N) is 2. The third-order valence-electron chi connectivity index (χ3n) is 6.54. The first-order valence-electron chi connectivity index (χ1n) is 11.9. The van der Waals surface area contributed by atoms with Gasteiger partial charge < -0.3 is 18.9 Å². The minimum atomic E-state index is -0.852. The van der Waals surface area contributed by atoms with E-state index in [9.17, 15) is 14.4 Å². The zero-order chi connectivity index (χ0) is 27.7. The summed E-state index contributed by atoms with van der Waals surface area (Å²) in [6.07, 6.45) is 1.40. The van der Waals surface area contributed by atoms with Crippen molar-refractivity contribution >= 4 is 34.0 Å². The van der Waals surface area contributed by atoms with Gasteiger partial charge in [0, 0.05) is 11.1 Å². The van der Waals surface area contributed by atoms with Gasteiger partial charge in [-0.15, -0.1) is 0 Å². The SMILES string of the molecule is COC(=O)c1c(C(=O)OC)c2cc(-c3ccc(OC)c(OC)c3)ncn2c1C(=O)c1cccc2ccccc12. The molecule has 0 radical (unpaired) electrons. The molecule has 0 saturated heterocycles. The lowest BCUT2D eigenvalue weighted by Gasteiger charge is -2.10. The molecular formula is C30H24N2O7. The van der Waals surface area contributed by atoms with Crippen molar-refractivity contribution in [2.45, 2.75) is 0 Å². The van der Waals surface area contributed by atoms with E-state index >= 15 is 0 Å². The average molecular weight is 525 g/mol. The molecule has 0 bridgehead atoms. The Balaban J connectivity index is 1.81. The number of ether oxygens (including phenoxy) is 4. The third kappa shape index (κ3) is 4.23. The number of hydrogen-bond donors (Lipinski definition) is 0. The molecule has 0 amide bonds. The first-order chi connectivity index (χ1) is 18.9. The molecule has 9 nitrogen and oxygen atoms in total. The van der Waals surface area contributed by atoms with Crippen molar-refractivity contribution in [3.05, 3.63) is 95.4 Å². The summed E-state index contributed by atoms with van der Waals surface area (Å²) in [6.45, 7) is 0. The Labute approximate surface area is 223 Å². The van der Waals surface area contributed by atoms with Gasteiger partial charge in [0.2, 0.25) is 5.78 Å². The van der Waals surface area contributed by atoms with Gasteiger partial charge in [-0.05, 0) is 35.0 Å². The predicted molar refractivity (Wildman–Crippen MR) is 144 cm³/mol. The van der Waals surface area contributed by atoms with Crippen LogP contribution in [0, 0.1) is 0 Å². The Morgan fingerprint density at radius 1 is 0.744 bits per heavy atom. The van der Waals surface area contributed by atoms with E-state index in [1.165, 1.54) is 39.2 Å². The molecule has 0 saturated carbocycles. The monoisotopic (exact) mass is 524 g/mol. The van der Waals surface area contributed by atoms with Gasteiger partial charge in [-0.2, -0.15) is 0 Å². The highest BCUT2D eigenvalue weighted by molar-refractivity contribution is 6.23. The van der Waals surface area contributed by atoms with Gasteiger partial charge in [-0.3, -0.25) is 9.20 Å². The zero-order valence-corrected chi connectivity index (χ0v) is 21.7. The van der Waals surface area contributed by atoms with Crippen LogP contribution in [0.1, 0.15) is 36.8 Å². The molecule has 0 aliphatic rings. The van der Waals surface area contributed by atoms with Crippen LogP contribution >= 0.6 is 0 Å². The second-order valence-electron chi connectivity index (χ2n) is 8.54. The highest BCUT2D eigenvalue weighted by Crippen LogP contribution is 2.34. The highest BCUT2D eigenvalue weighted by atomic mass is 16.5. The Hall–Kier alpha value is -5.18. The molecule has 0 N–H and O–H groups in total. The Morgan fingerprint density at radius 3 is 2.15 bits per heavy atom. The van der Waals surface area contributed by atoms with E-state index in [0.717, 1.165) is 5.39 Å². The number of carbonyl (C=O) groups is 3. The van der Waals surface area contributed by atoms with Crippen molar-refractivity contribution in [2.24, 2.45) is 0 Å². The summed E-state index contributed by atoms with van der Waals surface area (Å²) in [4.78, 5) is 44.8. The summed E-state index contributed by atoms with van der Waals surface area (Å²) in [5.74, 6) is -1.10. The summed E-state index contributed by atoms with van der Waals surface area (Å²) in [6, 6.07) is 19.6. The number of ketones is 1. The van der Waals surface area contributed by atoms with Crippen LogP contribution in [0.25, 0.3) is 27.5 Å². The summed E-state index contributed by atoms with van der Waals surface area (Å²) in [5, 5.41) is 1.55. The maximum atomic E-state index is 14.1. The number of carbonyl (C=O) groups excluding carboxylic acids is 3. The topological polar surface area (TPSA) is 105 Å². The number of rotatable bonds is 7. The van der Waals surface area contributed by atoms with E-state index in [-0.39, 0.29) is 22.3 Å². The van der Waals surface area contributed by atoms with E-state index in [4.69, 9.17) is 18.9 Å². The van der Waals surface area contributed by atoms with Crippen LogP contribution in [0.5, 0.6) is 11.5 Å². The zero-order valence-electron chi connectivity index (χ0n) is 21.7. The fourth-order valence-corrected chi connectivity index (χ4v) is 4.69. The van der Waals surface area contributed by atoms with Crippen LogP contribution < -0.4 is 9.47 Å². The first kappa shape index (κ1) is 25.5. The lowest BCUT2D eigenvalue weighted by molar-refractivity contribution is 0.0556. The molecule has 196 valence electrons. The van der Waals surface area contributed by atoms with Crippen molar-refractivity contribution in [3.8, 4) is 22.8 Å². The van der Waals surface area contributed by atoms with Crippen molar-refractivity contribution in [1.29, 1.82) is 0 Å². The van der Waals surface area contributed by atoms with E-state index in [1.54, 1.807) is 36.4 Å². The van der Waals surface area contributed by atoms with Crippen LogP contribution in [0.3, 0.4) is 0 Å². The predicted octanol–water partition coefficient (Wildman–Crippen LogP) is 4.98.